The Hall–Kier alpha value is -3.18. The summed E-state index contributed by atoms with van der Waals surface area (Å²) in [7, 11) is -1.81. The maximum atomic E-state index is 15.0. The van der Waals surface area contributed by atoms with Crippen LogP contribution in [0.2, 0.25) is 0 Å². The first-order valence-corrected chi connectivity index (χ1v) is 13.5. The standard InChI is InChI=1S/C25H29F2N5O3S/c1-5-16(2)32-8-9-35-25-20(26)10-18(11-22(25)32)24-21(27)14-29-23(30-24)12-19-7-6-17(13-28-19)15-31(3)36(4,33)34/h6-7,10-11,13-14,16H,5,8-9,12,15H2,1-4H3. The molecule has 1 atom stereocenters. The van der Waals surface area contributed by atoms with E-state index in [9.17, 15) is 17.2 Å². The predicted molar refractivity (Wildman–Crippen MR) is 133 cm³/mol. The van der Waals surface area contributed by atoms with E-state index in [0.29, 0.717) is 35.9 Å². The molecule has 36 heavy (non-hydrogen) atoms. The maximum absolute atomic E-state index is 15.0. The minimum Gasteiger partial charge on any atom is -0.486 e. The molecular formula is C25H29F2N5O3S. The van der Waals surface area contributed by atoms with E-state index in [1.54, 1.807) is 24.4 Å². The first-order valence-electron chi connectivity index (χ1n) is 11.7. The highest BCUT2D eigenvalue weighted by atomic mass is 32.2. The van der Waals surface area contributed by atoms with Gasteiger partial charge in [-0.15, -0.1) is 0 Å². The number of aromatic nitrogens is 3. The molecule has 0 amide bonds. The van der Waals surface area contributed by atoms with Crippen molar-refractivity contribution in [1.82, 2.24) is 19.3 Å². The van der Waals surface area contributed by atoms with Crippen molar-refractivity contribution in [2.24, 2.45) is 0 Å². The monoisotopic (exact) mass is 517 g/mol. The van der Waals surface area contributed by atoms with Gasteiger partial charge in [-0.1, -0.05) is 13.0 Å². The van der Waals surface area contributed by atoms with Crippen molar-refractivity contribution in [3.8, 4) is 17.0 Å². The van der Waals surface area contributed by atoms with Gasteiger partial charge in [-0.2, -0.15) is 0 Å². The summed E-state index contributed by atoms with van der Waals surface area (Å²) < 4.78 is 59.8. The Bertz CT molecular complexity index is 1350. The molecule has 0 saturated heterocycles. The first kappa shape index (κ1) is 25.9. The Morgan fingerprint density at radius 1 is 1.17 bits per heavy atom. The van der Waals surface area contributed by atoms with Crippen LogP contribution in [0.5, 0.6) is 5.75 Å². The summed E-state index contributed by atoms with van der Waals surface area (Å²) in [5.41, 5.74) is 2.25. The molecule has 0 aliphatic carbocycles. The van der Waals surface area contributed by atoms with Gasteiger partial charge >= 0.3 is 0 Å². The van der Waals surface area contributed by atoms with Crippen LogP contribution in [0.4, 0.5) is 14.5 Å². The summed E-state index contributed by atoms with van der Waals surface area (Å²) in [5, 5.41) is 0. The molecule has 2 aromatic heterocycles. The van der Waals surface area contributed by atoms with Crippen LogP contribution >= 0.6 is 0 Å². The SMILES string of the molecule is CCC(C)N1CCOc2c(F)cc(-c3nc(Cc4ccc(CN(C)S(C)(=O)=O)cn4)ncc3F)cc21. The topological polar surface area (TPSA) is 88.5 Å². The molecule has 0 N–H and O–H groups in total. The van der Waals surface area contributed by atoms with Crippen molar-refractivity contribution < 1.29 is 21.9 Å². The van der Waals surface area contributed by atoms with Gasteiger partial charge in [0.2, 0.25) is 10.0 Å². The second kappa shape index (κ2) is 10.4. The van der Waals surface area contributed by atoms with E-state index < -0.39 is 21.7 Å². The second-order valence-electron chi connectivity index (χ2n) is 8.94. The van der Waals surface area contributed by atoms with Crippen LogP contribution in [0.3, 0.4) is 0 Å². The maximum Gasteiger partial charge on any atom is 0.211 e. The lowest BCUT2D eigenvalue weighted by Crippen LogP contribution is -2.39. The number of hydrogen-bond donors (Lipinski definition) is 0. The number of ether oxygens (including phenoxy) is 1. The lowest BCUT2D eigenvalue weighted by molar-refractivity contribution is 0.285. The van der Waals surface area contributed by atoms with Gasteiger partial charge in [0.1, 0.15) is 18.1 Å². The number of nitrogens with zero attached hydrogens (tertiary/aromatic N) is 5. The molecule has 0 bridgehead atoms. The molecule has 0 fully saturated rings. The molecule has 1 aliphatic rings. The smallest absolute Gasteiger partial charge is 0.211 e. The summed E-state index contributed by atoms with van der Waals surface area (Å²) in [6, 6.07) is 6.64. The fourth-order valence-electron chi connectivity index (χ4n) is 4.00. The van der Waals surface area contributed by atoms with Crippen LogP contribution < -0.4 is 9.64 Å². The van der Waals surface area contributed by atoms with Gasteiger partial charge in [-0.3, -0.25) is 4.98 Å². The minimum absolute atomic E-state index is 0.00257. The third-order valence-corrected chi connectivity index (χ3v) is 7.56. The van der Waals surface area contributed by atoms with E-state index in [4.69, 9.17) is 4.74 Å². The van der Waals surface area contributed by atoms with Crippen molar-refractivity contribution in [1.29, 1.82) is 0 Å². The van der Waals surface area contributed by atoms with E-state index >= 15 is 0 Å². The Labute approximate surface area is 210 Å². The quantitative estimate of drug-likeness (QED) is 0.449. The summed E-state index contributed by atoms with van der Waals surface area (Å²) in [6.07, 6.45) is 4.90. The molecule has 1 aliphatic heterocycles. The fourth-order valence-corrected chi connectivity index (χ4v) is 4.38. The Balaban J connectivity index is 1.60. The van der Waals surface area contributed by atoms with E-state index in [2.05, 4.69) is 33.7 Å². The number of benzene rings is 1. The zero-order chi connectivity index (χ0) is 26.0. The van der Waals surface area contributed by atoms with Crippen LogP contribution in [0.1, 0.15) is 37.4 Å². The number of halogens is 2. The van der Waals surface area contributed by atoms with E-state index in [1.165, 1.54) is 17.4 Å². The Morgan fingerprint density at radius 2 is 1.94 bits per heavy atom. The van der Waals surface area contributed by atoms with Crippen LogP contribution in [-0.4, -0.2) is 60.2 Å². The van der Waals surface area contributed by atoms with Gasteiger partial charge in [0, 0.05) is 37.1 Å². The zero-order valence-electron chi connectivity index (χ0n) is 20.7. The van der Waals surface area contributed by atoms with Gasteiger partial charge in [0.25, 0.3) is 0 Å². The highest BCUT2D eigenvalue weighted by molar-refractivity contribution is 7.88. The molecular weight excluding hydrogens is 488 g/mol. The number of pyridine rings is 1. The van der Waals surface area contributed by atoms with Gasteiger partial charge in [0.05, 0.1) is 31.1 Å². The molecule has 3 aromatic rings. The van der Waals surface area contributed by atoms with Crippen LogP contribution in [0, 0.1) is 11.6 Å². The van der Waals surface area contributed by atoms with E-state index in [-0.39, 0.29) is 30.5 Å². The lowest BCUT2D eigenvalue weighted by atomic mass is 10.1. The number of fused-ring (bicyclic) bond motifs is 1. The number of sulfonamides is 1. The summed E-state index contributed by atoms with van der Waals surface area (Å²) in [4.78, 5) is 14.9. The van der Waals surface area contributed by atoms with Crippen molar-refractivity contribution in [3.05, 3.63) is 65.4 Å². The summed E-state index contributed by atoms with van der Waals surface area (Å²) in [6.45, 7) is 5.31. The molecule has 0 spiro atoms. The highest BCUT2D eigenvalue weighted by Crippen LogP contribution is 2.39. The molecule has 0 saturated carbocycles. The Kier molecular flexibility index (Phi) is 7.51. The second-order valence-corrected chi connectivity index (χ2v) is 11.0. The number of rotatable bonds is 8. The molecule has 0 radical (unpaired) electrons. The van der Waals surface area contributed by atoms with Crippen LogP contribution in [-0.2, 0) is 23.0 Å². The van der Waals surface area contributed by atoms with Crippen molar-refractivity contribution in [3.63, 3.8) is 0 Å². The van der Waals surface area contributed by atoms with Crippen molar-refractivity contribution in [2.45, 2.75) is 39.3 Å². The molecule has 8 nitrogen and oxygen atoms in total. The summed E-state index contributed by atoms with van der Waals surface area (Å²) in [5.74, 6) is -0.720. The largest absolute Gasteiger partial charge is 0.486 e. The van der Waals surface area contributed by atoms with Crippen molar-refractivity contribution >= 4 is 15.7 Å². The fraction of sp³-hybridized carbons (Fsp3) is 0.400. The summed E-state index contributed by atoms with van der Waals surface area (Å²) >= 11 is 0. The lowest BCUT2D eigenvalue weighted by Gasteiger charge is -2.36. The number of anilines is 1. The van der Waals surface area contributed by atoms with E-state index in [0.717, 1.165) is 24.4 Å². The number of hydrogen-bond acceptors (Lipinski definition) is 7. The normalized spacial score (nSPS) is 14.5. The average Bonchev–Trinajstić information content (AvgIpc) is 2.85. The molecule has 192 valence electrons. The van der Waals surface area contributed by atoms with Crippen molar-refractivity contribution in [2.75, 3.05) is 31.4 Å². The molecule has 1 unspecified atom stereocenters. The van der Waals surface area contributed by atoms with Crippen LogP contribution in [0.25, 0.3) is 11.3 Å². The molecule has 1 aromatic carbocycles. The van der Waals surface area contributed by atoms with Gasteiger partial charge in [0.15, 0.2) is 17.4 Å². The van der Waals surface area contributed by atoms with Gasteiger partial charge in [-0.25, -0.2) is 31.5 Å². The molecule has 11 heteroatoms. The van der Waals surface area contributed by atoms with Gasteiger partial charge in [-0.05, 0) is 37.1 Å². The minimum atomic E-state index is -3.30. The van der Waals surface area contributed by atoms with E-state index in [1.807, 2.05) is 0 Å². The predicted octanol–water partition coefficient (Wildman–Crippen LogP) is 3.80. The van der Waals surface area contributed by atoms with Gasteiger partial charge < -0.3 is 9.64 Å². The highest BCUT2D eigenvalue weighted by Gasteiger charge is 2.26. The zero-order valence-corrected chi connectivity index (χ0v) is 21.5. The first-order chi connectivity index (χ1) is 17.1. The third kappa shape index (κ3) is 5.62. The molecule has 4 rings (SSSR count). The Morgan fingerprint density at radius 3 is 2.61 bits per heavy atom. The third-order valence-electron chi connectivity index (χ3n) is 6.30. The average molecular weight is 518 g/mol. The van der Waals surface area contributed by atoms with Crippen LogP contribution in [0.15, 0.2) is 36.7 Å². The molecule has 3 heterocycles.